The van der Waals surface area contributed by atoms with E-state index < -0.39 is 239 Å². The first-order valence-corrected chi connectivity index (χ1v) is 23.1. The van der Waals surface area contributed by atoms with Crippen LogP contribution in [-0.2, 0) is 0 Å². The molecule has 8 rings (SSSR count). The monoisotopic (exact) mass is 1520 g/mol. The molecule has 0 radical (unpaired) electrons. The highest BCUT2D eigenvalue weighted by Crippen LogP contribution is 2.81. The minimum Gasteiger partial charge on any atom is -0.250 e. The highest BCUT2D eigenvalue weighted by molar-refractivity contribution is 5.38. The van der Waals surface area contributed by atoms with E-state index in [1.165, 1.54) is 0 Å². The average Bonchev–Trinajstić information content (AvgIpc) is 0.650. The first-order valence-electron chi connectivity index (χ1n) is 23.1. The molecule has 0 aliphatic heterocycles. The SMILES string of the molecule is FCC1(F)C(F)(F)C2C(F)(F)C(C(F)(F)C(F)(F)C2(F)F)C1(F)F.FCC1(F)C(F)(F)C2C(F)(F)C(F)(F)C(F)(F)C(F)(C2(F)F)C1(F)F.FCC1(F)C(F)(F)C2C(F)(F)C(F)C(F)(F)C(C2(F)F)C1(F)F.FCC1C(F)(F)C2C(F)(F)C(F)C(F)(F)C(C1(F)F)C2(F)F. The van der Waals surface area contributed by atoms with E-state index >= 15 is 0 Å². The number of hydrogen-bond acceptors (Lipinski definition) is 0. The molecule has 94 heavy (non-hydrogen) atoms. The molecule has 0 aromatic heterocycles. The van der Waals surface area contributed by atoms with Gasteiger partial charge in [0.2, 0.25) is 12.3 Å². The van der Waals surface area contributed by atoms with Crippen molar-refractivity contribution in [2.75, 3.05) is 26.7 Å². The van der Waals surface area contributed by atoms with E-state index in [0.717, 1.165) is 0 Å². The molecule has 0 N–H and O–H groups in total. The second-order valence-corrected chi connectivity index (χ2v) is 21.9. The Balaban J connectivity index is 0.000000227. The Kier molecular flexibility index (Phi) is 17.2. The molecule has 8 bridgehead atoms. The second kappa shape index (κ2) is 20.0. The van der Waals surface area contributed by atoms with Crippen LogP contribution in [0.5, 0.6) is 0 Å². The standard InChI is InChI=1S/C10H3F15.C10H4F14.C10H5F13.C10H6F12/c11-1-3(12)4(13,14)2-5(15,16)7(19,8(3,20)21)10(24,25)9(22,23)6(2,17)18;11-1-4(12)6(15,16)2-5(13,14)3(7(4,17)18)9(21,22)10(23,24)8(2,19)20;11-1-5(13)9(20,21)2-6(14,15)3(10(5,22)23)8(18,19)4(12)7(2,16)17;11-1-2-6(13,14)3-8(17,18)4(7(2,15)16)10(21,22)5(12)9(3,19)20/h2H,1H2;2-3H,1H2;2-4H,1H2;2-5H,1H2. The summed E-state index contributed by atoms with van der Waals surface area (Å²) in [6.45, 7) is -13.9. The van der Waals surface area contributed by atoms with E-state index in [-0.39, 0.29) is 0 Å². The maximum atomic E-state index is 14.0. The summed E-state index contributed by atoms with van der Waals surface area (Å²) < 4.78 is 723. The van der Waals surface area contributed by atoms with Crippen molar-refractivity contribution < 1.29 is 237 Å². The van der Waals surface area contributed by atoms with Crippen molar-refractivity contribution in [2.24, 2.45) is 47.3 Å². The number of fused-ring (bicyclic) bond motifs is 8. The smallest absolute Gasteiger partial charge is 0.250 e. The van der Waals surface area contributed by atoms with Crippen molar-refractivity contribution in [3.05, 3.63) is 0 Å². The van der Waals surface area contributed by atoms with Crippen molar-refractivity contribution in [1.82, 2.24) is 0 Å². The summed E-state index contributed by atoms with van der Waals surface area (Å²) in [5, 5.41) is 0. The molecule has 0 amide bonds. The molecule has 9 unspecified atom stereocenters. The molecule has 8 saturated carbocycles. The molecule has 8 aliphatic rings. The van der Waals surface area contributed by atoms with Crippen molar-refractivity contribution in [2.45, 2.75) is 165 Å². The molecule has 8 fully saturated rings. The van der Waals surface area contributed by atoms with Gasteiger partial charge >= 0.3 is 82.7 Å². The molecule has 0 spiro atoms. The third-order valence-electron chi connectivity index (χ3n) is 17.0. The Morgan fingerprint density at radius 1 is 0.181 bits per heavy atom. The Hall–Kier alpha value is -3.78. The van der Waals surface area contributed by atoms with Gasteiger partial charge in [0.15, 0.2) is 41.4 Å². The minimum absolute atomic E-state index is 2.81. The number of halogens is 54. The van der Waals surface area contributed by atoms with Gasteiger partial charge < -0.3 is 0 Å². The lowest BCUT2D eigenvalue weighted by atomic mass is 9.54. The summed E-state index contributed by atoms with van der Waals surface area (Å²) in [6.07, 6.45) is -10.1. The van der Waals surface area contributed by atoms with Crippen LogP contribution in [0.1, 0.15) is 0 Å². The molecule has 9 atom stereocenters. The van der Waals surface area contributed by atoms with Gasteiger partial charge in [-0.15, -0.1) is 0 Å². The van der Waals surface area contributed by atoms with Gasteiger partial charge in [0.05, 0.1) is 0 Å². The fourth-order valence-corrected chi connectivity index (χ4v) is 12.2. The van der Waals surface area contributed by atoms with Crippen molar-refractivity contribution in [3.8, 4) is 0 Å². The van der Waals surface area contributed by atoms with Crippen LogP contribution in [0.15, 0.2) is 0 Å². The third kappa shape index (κ3) is 8.19. The maximum Gasteiger partial charge on any atom is 0.376 e. The van der Waals surface area contributed by atoms with Crippen LogP contribution < -0.4 is 0 Å². The average molecular weight is 1520 g/mol. The van der Waals surface area contributed by atoms with Crippen LogP contribution in [0.2, 0.25) is 0 Å². The quantitative estimate of drug-likeness (QED) is 0.246. The molecule has 0 heterocycles. The van der Waals surface area contributed by atoms with Crippen LogP contribution in [0, 0.1) is 47.3 Å². The molecule has 8 aliphatic carbocycles. The van der Waals surface area contributed by atoms with Gasteiger partial charge in [-0.05, 0) is 0 Å². The van der Waals surface area contributed by atoms with Crippen LogP contribution in [-0.4, -0.2) is 192 Å². The lowest BCUT2D eigenvalue weighted by Crippen LogP contribution is -2.93. The Bertz CT molecular complexity index is 2760. The van der Waals surface area contributed by atoms with Crippen LogP contribution >= 0.6 is 0 Å². The Morgan fingerprint density at radius 2 is 0.404 bits per heavy atom. The zero-order valence-electron chi connectivity index (χ0n) is 42.0. The maximum absolute atomic E-state index is 14.0. The zero-order chi connectivity index (χ0) is 75.6. The van der Waals surface area contributed by atoms with E-state index in [2.05, 4.69) is 0 Å². The van der Waals surface area contributed by atoms with Gasteiger partial charge in [0.25, 0.3) is 70.3 Å². The Labute approximate surface area is 477 Å². The summed E-state index contributed by atoms with van der Waals surface area (Å²) in [4.78, 5) is 0. The van der Waals surface area contributed by atoms with E-state index in [1.54, 1.807) is 0 Å². The van der Waals surface area contributed by atoms with Crippen LogP contribution in [0.3, 0.4) is 0 Å². The summed E-state index contributed by atoms with van der Waals surface area (Å²) in [7, 11) is 0. The van der Waals surface area contributed by atoms with Gasteiger partial charge in [0, 0.05) is 0 Å². The van der Waals surface area contributed by atoms with Crippen LogP contribution in [0.4, 0.5) is 237 Å². The number of rotatable bonds is 4. The van der Waals surface area contributed by atoms with Gasteiger partial charge in [0.1, 0.15) is 32.6 Å². The molecular formula is C40H18F54. The zero-order valence-corrected chi connectivity index (χ0v) is 42.0. The molecule has 0 saturated heterocycles. The lowest BCUT2D eigenvalue weighted by Gasteiger charge is -2.62. The predicted octanol–water partition coefficient (Wildman–Crippen LogP) is 18.3. The van der Waals surface area contributed by atoms with Gasteiger partial charge in [-0.25, -0.2) is 171 Å². The van der Waals surface area contributed by atoms with Gasteiger partial charge in [-0.1, -0.05) is 0 Å². The van der Waals surface area contributed by atoms with Gasteiger partial charge in [-0.2, -0.15) is 61.5 Å². The van der Waals surface area contributed by atoms with E-state index in [0.29, 0.717) is 0 Å². The molecule has 54 heteroatoms. The Morgan fingerprint density at radius 3 is 0.670 bits per heavy atom. The van der Waals surface area contributed by atoms with Crippen LogP contribution in [0.25, 0.3) is 0 Å². The predicted molar refractivity (Wildman–Crippen MR) is 186 cm³/mol. The summed E-state index contributed by atoms with van der Waals surface area (Å²) in [6, 6.07) is 0. The normalized spacial score (nSPS) is 44.4. The van der Waals surface area contributed by atoms with E-state index in [4.69, 9.17) is 0 Å². The molecule has 0 aromatic rings. The third-order valence-corrected chi connectivity index (χ3v) is 17.0. The molecular weight excluding hydrogens is 1510 g/mol. The summed E-state index contributed by atoms with van der Waals surface area (Å²) in [5.41, 5.74) is -26.6. The number of hydrogen-bond donors (Lipinski definition) is 0. The fraction of sp³-hybridized carbons (Fsp3) is 1.00. The minimum atomic E-state index is -7.75. The summed E-state index contributed by atoms with van der Waals surface area (Å²) >= 11 is 0. The first kappa shape index (κ1) is 80.9. The first-order chi connectivity index (χ1) is 40.5. The molecule has 0 aromatic carbocycles. The highest BCUT2D eigenvalue weighted by Gasteiger charge is 3.09. The van der Waals surface area contributed by atoms with E-state index in [1.807, 2.05) is 0 Å². The number of alkyl halides is 54. The second-order valence-electron chi connectivity index (χ2n) is 21.9. The fourth-order valence-electron chi connectivity index (χ4n) is 12.2. The lowest BCUT2D eigenvalue weighted by molar-refractivity contribution is -0.527. The topological polar surface area (TPSA) is 0 Å². The highest BCUT2D eigenvalue weighted by atomic mass is 19.4. The van der Waals surface area contributed by atoms with Crippen molar-refractivity contribution in [3.63, 3.8) is 0 Å². The van der Waals surface area contributed by atoms with E-state index in [9.17, 15) is 237 Å². The summed E-state index contributed by atoms with van der Waals surface area (Å²) in [5.74, 6) is -189. The van der Waals surface area contributed by atoms with Crippen molar-refractivity contribution in [1.29, 1.82) is 0 Å². The molecule has 0 nitrogen and oxygen atoms in total. The van der Waals surface area contributed by atoms with Gasteiger partial charge in [-0.3, -0.25) is 4.39 Å². The van der Waals surface area contributed by atoms with Crippen molar-refractivity contribution >= 4 is 0 Å². The largest absolute Gasteiger partial charge is 0.376 e. The molecule has 556 valence electrons.